The lowest BCUT2D eigenvalue weighted by molar-refractivity contribution is 0.283. The van der Waals surface area contributed by atoms with Crippen molar-refractivity contribution in [3.05, 3.63) is 0 Å². The first kappa shape index (κ1) is 13.5. The van der Waals surface area contributed by atoms with Crippen molar-refractivity contribution >= 4 is 0 Å². The molecule has 1 fully saturated rings. The van der Waals surface area contributed by atoms with E-state index in [0.29, 0.717) is 0 Å². The van der Waals surface area contributed by atoms with E-state index < -0.39 is 0 Å². The molecule has 0 aromatic heterocycles. The van der Waals surface area contributed by atoms with Crippen molar-refractivity contribution < 1.29 is 0 Å². The van der Waals surface area contributed by atoms with Crippen molar-refractivity contribution in [2.24, 2.45) is 0 Å². The molecule has 0 amide bonds. The monoisotopic (exact) mass is 222 g/mol. The van der Waals surface area contributed by atoms with E-state index >= 15 is 0 Å². The first-order valence-corrected chi connectivity index (χ1v) is 6.72. The molecule has 0 spiro atoms. The van der Waals surface area contributed by atoms with Gasteiger partial charge in [-0.1, -0.05) is 6.92 Å². The molecular formula is C14H26N2. The number of nitrogens with one attached hydrogen (secondary N) is 1. The van der Waals surface area contributed by atoms with Gasteiger partial charge in [0.2, 0.25) is 0 Å². The van der Waals surface area contributed by atoms with Gasteiger partial charge in [0.15, 0.2) is 0 Å². The van der Waals surface area contributed by atoms with Crippen LogP contribution in [0.25, 0.3) is 0 Å². The third-order valence-electron chi connectivity index (χ3n) is 3.22. The number of hydrogen-bond donors (Lipinski definition) is 1. The van der Waals surface area contributed by atoms with Crippen molar-refractivity contribution in [3.63, 3.8) is 0 Å². The highest BCUT2D eigenvalue weighted by molar-refractivity contribution is 4.95. The summed E-state index contributed by atoms with van der Waals surface area (Å²) in [4.78, 5) is 2.60. The molecule has 92 valence electrons. The predicted molar refractivity (Wildman–Crippen MR) is 70.4 cm³/mol. The second-order valence-corrected chi connectivity index (χ2v) is 4.60. The van der Waals surface area contributed by atoms with Crippen molar-refractivity contribution in [1.82, 2.24) is 10.2 Å². The fourth-order valence-electron chi connectivity index (χ4n) is 2.36. The SMILES string of the molecule is CC#CCCNC1CCCN(CCC)CC1. The van der Waals surface area contributed by atoms with Crippen LogP contribution in [0.4, 0.5) is 0 Å². The van der Waals surface area contributed by atoms with Gasteiger partial charge in [-0.15, -0.1) is 11.8 Å². The Morgan fingerprint density at radius 3 is 2.94 bits per heavy atom. The molecule has 1 aliphatic rings. The van der Waals surface area contributed by atoms with Crippen molar-refractivity contribution in [1.29, 1.82) is 0 Å². The summed E-state index contributed by atoms with van der Waals surface area (Å²) in [5.74, 6) is 6.05. The second-order valence-electron chi connectivity index (χ2n) is 4.60. The maximum atomic E-state index is 3.63. The number of hydrogen-bond acceptors (Lipinski definition) is 2. The molecule has 1 unspecified atom stereocenters. The third kappa shape index (κ3) is 5.53. The van der Waals surface area contributed by atoms with E-state index in [9.17, 15) is 0 Å². The summed E-state index contributed by atoms with van der Waals surface area (Å²) in [7, 11) is 0. The van der Waals surface area contributed by atoms with Crippen LogP contribution in [0.3, 0.4) is 0 Å². The molecule has 1 aliphatic heterocycles. The Labute approximate surface area is 101 Å². The van der Waals surface area contributed by atoms with Crippen LogP contribution < -0.4 is 5.32 Å². The smallest absolute Gasteiger partial charge is 0.0214 e. The highest BCUT2D eigenvalue weighted by Crippen LogP contribution is 2.11. The summed E-state index contributed by atoms with van der Waals surface area (Å²) in [6.45, 7) is 9.07. The first-order valence-electron chi connectivity index (χ1n) is 6.72. The molecule has 0 saturated carbocycles. The molecule has 1 rings (SSSR count). The van der Waals surface area contributed by atoms with Gasteiger partial charge in [0, 0.05) is 19.0 Å². The van der Waals surface area contributed by atoms with E-state index in [1.165, 1.54) is 45.3 Å². The molecule has 0 aromatic rings. The molecule has 1 heterocycles. The van der Waals surface area contributed by atoms with Gasteiger partial charge in [-0.2, -0.15) is 0 Å². The molecule has 2 heteroatoms. The molecule has 0 aliphatic carbocycles. The van der Waals surface area contributed by atoms with E-state index in [1.807, 2.05) is 6.92 Å². The average Bonchev–Trinajstić information content (AvgIpc) is 2.51. The van der Waals surface area contributed by atoms with E-state index in [0.717, 1.165) is 19.0 Å². The van der Waals surface area contributed by atoms with E-state index in [-0.39, 0.29) is 0 Å². The Morgan fingerprint density at radius 1 is 1.31 bits per heavy atom. The summed E-state index contributed by atoms with van der Waals surface area (Å²) in [6.07, 6.45) is 6.26. The number of rotatable bonds is 5. The van der Waals surface area contributed by atoms with Crippen LogP contribution in [0.2, 0.25) is 0 Å². The second kappa shape index (κ2) is 8.61. The Kier molecular flexibility index (Phi) is 7.29. The fourth-order valence-corrected chi connectivity index (χ4v) is 2.36. The van der Waals surface area contributed by atoms with Crippen LogP contribution in [-0.2, 0) is 0 Å². The van der Waals surface area contributed by atoms with Crippen LogP contribution in [-0.4, -0.2) is 37.1 Å². The molecule has 16 heavy (non-hydrogen) atoms. The molecule has 2 nitrogen and oxygen atoms in total. The van der Waals surface area contributed by atoms with Crippen LogP contribution in [0.15, 0.2) is 0 Å². The van der Waals surface area contributed by atoms with Gasteiger partial charge >= 0.3 is 0 Å². The van der Waals surface area contributed by atoms with Crippen LogP contribution in [0, 0.1) is 11.8 Å². The minimum absolute atomic E-state index is 0.723. The quantitative estimate of drug-likeness (QED) is 0.567. The highest BCUT2D eigenvalue weighted by atomic mass is 15.1. The molecule has 1 saturated heterocycles. The maximum absolute atomic E-state index is 3.63. The Hall–Kier alpha value is -0.520. The van der Waals surface area contributed by atoms with Crippen LogP contribution in [0.5, 0.6) is 0 Å². The molecule has 1 atom stereocenters. The van der Waals surface area contributed by atoms with Gasteiger partial charge in [0.1, 0.15) is 0 Å². The van der Waals surface area contributed by atoms with Crippen molar-refractivity contribution in [2.75, 3.05) is 26.2 Å². The number of nitrogens with zero attached hydrogens (tertiary/aromatic N) is 1. The zero-order chi connectivity index (χ0) is 11.6. The lowest BCUT2D eigenvalue weighted by Gasteiger charge is -2.19. The van der Waals surface area contributed by atoms with E-state index in [2.05, 4.69) is 29.0 Å². The summed E-state index contributed by atoms with van der Waals surface area (Å²) >= 11 is 0. The fraction of sp³-hybridized carbons (Fsp3) is 0.857. The van der Waals surface area contributed by atoms with Gasteiger partial charge in [-0.3, -0.25) is 0 Å². The molecule has 0 bridgehead atoms. The summed E-state index contributed by atoms with van der Waals surface area (Å²) in [5, 5.41) is 3.63. The molecular weight excluding hydrogens is 196 g/mol. The largest absolute Gasteiger partial charge is 0.313 e. The summed E-state index contributed by atoms with van der Waals surface area (Å²) < 4.78 is 0. The van der Waals surface area contributed by atoms with Gasteiger partial charge in [-0.05, 0) is 52.2 Å². The molecule has 1 N–H and O–H groups in total. The van der Waals surface area contributed by atoms with Gasteiger partial charge < -0.3 is 10.2 Å². The zero-order valence-corrected chi connectivity index (χ0v) is 10.9. The van der Waals surface area contributed by atoms with Crippen molar-refractivity contribution in [2.45, 2.75) is 52.0 Å². The van der Waals surface area contributed by atoms with E-state index in [1.54, 1.807) is 0 Å². The van der Waals surface area contributed by atoms with Gasteiger partial charge in [0.25, 0.3) is 0 Å². The summed E-state index contributed by atoms with van der Waals surface area (Å²) in [6, 6.07) is 0.723. The first-order chi connectivity index (χ1) is 7.86. The molecule has 0 aromatic carbocycles. The normalized spacial score (nSPS) is 22.2. The summed E-state index contributed by atoms with van der Waals surface area (Å²) in [5.41, 5.74) is 0. The highest BCUT2D eigenvalue weighted by Gasteiger charge is 2.15. The number of likely N-dealkylation sites (tertiary alicyclic amines) is 1. The Morgan fingerprint density at radius 2 is 2.19 bits per heavy atom. The van der Waals surface area contributed by atoms with Crippen molar-refractivity contribution in [3.8, 4) is 11.8 Å². The Balaban J connectivity index is 2.16. The van der Waals surface area contributed by atoms with Crippen LogP contribution in [0.1, 0.15) is 46.0 Å². The molecule has 0 radical (unpaired) electrons. The third-order valence-corrected chi connectivity index (χ3v) is 3.22. The minimum atomic E-state index is 0.723. The van der Waals surface area contributed by atoms with Gasteiger partial charge in [0.05, 0.1) is 0 Å². The average molecular weight is 222 g/mol. The topological polar surface area (TPSA) is 15.3 Å². The predicted octanol–water partition coefficient (Wildman–Crippen LogP) is 2.25. The lowest BCUT2D eigenvalue weighted by atomic mass is 10.1. The minimum Gasteiger partial charge on any atom is -0.313 e. The maximum Gasteiger partial charge on any atom is 0.0214 e. The Bertz CT molecular complexity index is 227. The van der Waals surface area contributed by atoms with Gasteiger partial charge in [-0.25, -0.2) is 0 Å². The van der Waals surface area contributed by atoms with Crippen LogP contribution >= 0.6 is 0 Å². The standard InChI is InChI=1S/C14H26N2/c1-3-5-6-10-15-14-8-7-12-16(11-4-2)13-9-14/h14-15H,4,6-13H2,1-2H3. The zero-order valence-electron chi connectivity index (χ0n) is 10.9. The lowest BCUT2D eigenvalue weighted by Crippen LogP contribution is -2.31. The van der Waals surface area contributed by atoms with E-state index in [4.69, 9.17) is 0 Å².